The van der Waals surface area contributed by atoms with Crippen LogP contribution in [-0.2, 0) is 4.74 Å². The average molecular weight is 396 g/mol. The van der Waals surface area contributed by atoms with Crippen molar-refractivity contribution < 1.29 is 4.74 Å². The summed E-state index contributed by atoms with van der Waals surface area (Å²) in [5.74, 6) is 0.530. The number of rotatable bonds is 4. The van der Waals surface area contributed by atoms with E-state index in [9.17, 15) is 0 Å². The first kappa shape index (κ1) is 18.5. The topological polar surface area (TPSA) is 76.3 Å². The van der Waals surface area contributed by atoms with E-state index in [2.05, 4.69) is 32.3 Å². The number of benzene rings is 2. The van der Waals surface area contributed by atoms with Crippen LogP contribution in [0.2, 0.25) is 5.02 Å². The highest BCUT2D eigenvalue weighted by Gasteiger charge is 2.11. The molecule has 1 saturated heterocycles. The van der Waals surface area contributed by atoms with Gasteiger partial charge in [0, 0.05) is 36.2 Å². The maximum absolute atomic E-state index is 6.22. The quantitative estimate of drug-likeness (QED) is 0.642. The predicted molar refractivity (Wildman–Crippen MR) is 114 cm³/mol. The Morgan fingerprint density at radius 2 is 1.86 bits per heavy atom. The Labute approximate surface area is 169 Å². The van der Waals surface area contributed by atoms with E-state index < -0.39 is 0 Å². The Morgan fingerprint density at radius 3 is 2.57 bits per heavy atom. The molecule has 0 radical (unpaired) electrons. The van der Waals surface area contributed by atoms with Crippen molar-refractivity contribution in [3.8, 4) is 11.3 Å². The number of nitrogen functional groups attached to an aromatic ring is 1. The van der Waals surface area contributed by atoms with Crippen molar-refractivity contribution in [2.75, 3.05) is 42.3 Å². The molecule has 0 amide bonds. The van der Waals surface area contributed by atoms with Crippen molar-refractivity contribution in [3.63, 3.8) is 0 Å². The van der Waals surface area contributed by atoms with Crippen molar-refractivity contribution in [1.82, 2.24) is 9.97 Å². The van der Waals surface area contributed by atoms with Gasteiger partial charge >= 0.3 is 0 Å². The fourth-order valence-corrected chi connectivity index (χ4v) is 3.46. The van der Waals surface area contributed by atoms with Crippen LogP contribution < -0.4 is 16.0 Å². The maximum atomic E-state index is 6.22. The molecule has 1 aromatic heterocycles. The van der Waals surface area contributed by atoms with E-state index in [1.54, 1.807) is 6.20 Å². The van der Waals surface area contributed by atoms with Gasteiger partial charge in [-0.25, -0.2) is 9.97 Å². The van der Waals surface area contributed by atoms with Crippen LogP contribution in [0, 0.1) is 6.92 Å². The largest absolute Gasteiger partial charge is 0.397 e. The molecule has 28 heavy (non-hydrogen) atoms. The molecule has 0 unspecified atom stereocenters. The number of nitrogens with two attached hydrogens (primary N) is 1. The molecule has 2 heterocycles. The number of nitrogens with one attached hydrogen (secondary N) is 1. The van der Waals surface area contributed by atoms with Crippen molar-refractivity contribution in [2.24, 2.45) is 0 Å². The van der Waals surface area contributed by atoms with Crippen molar-refractivity contribution in [1.29, 1.82) is 0 Å². The van der Waals surface area contributed by atoms with Crippen molar-refractivity contribution in [2.45, 2.75) is 6.92 Å². The minimum absolute atomic E-state index is 0.529. The highest BCUT2D eigenvalue weighted by molar-refractivity contribution is 6.33. The molecule has 4 rings (SSSR count). The Kier molecular flexibility index (Phi) is 5.32. The van der Waals surface area contributed by atoms with Gasteiger partial charge in [0.1, 0.15) is 0 Å². The molecule has 7 heteroatoms. The first-order chi connectivity index (χ1) is 13.6. The molecule has 3 aromatic rings. The van der Waals surface area contributed by atoms with E-state index in [0.717, 1.165) is 48.8 Å². The van der Waals surface area contributed by atoms with Gasteiger partial charge in [0.25, 0.3) is 0 Å². The number of halogens is 1. The second kappa shape index (κ2) is 8.04. The standard InChI is InChI=1S/C21H22ClN5O/c1-14-12-15(13-18(22)20(14)23)19-6-7-24-21(26-19)25-16-2-4-17(5-3-16)27-8-10-28-11-9-27/h2-7,12-13H,8-11,23H2,1H3,(H,24,25,26). The van der Waals surface area contributed by atoms with Gasteiger partial charge in [-0.15, -0.1) is 0 Å². The lowest BCUT2D eigenvalue weighted by Gasteiger charge is -2.28. The Hall–Kier alpha value is -2.83. The van der Waals surface area contributed by atoms with Gasteiger partial charge < -0.3 is 20.7 Å². The zero-order valence-electron chi connectivity index (χ0n) is 15.7. The molecule has 0 aliphatic carbocycles. The predicted octanol–water partition coefficient (Wildman–Crippen LogP) is 4.27. The number of anilines is 4. The van der Waals surface area contributed by atoms with Crippen LogP contribution in [0.3, 0.4) is 0 Å². The molecule has 2 aromatic carbocycles. The van der Waals surface area contributed by atoms with Gasteiger partial charge in [0.05, 0.1) is 29.6 Å². The molecule has 0 atom stereocenters. The first-order valence-electron chi connectivity index (χ1n) is 9.19. The lowest BCUT2D eigenvalue weighted by molar-refractivity contribution is 0.122. The zero-order chi connectivity index (χ0) is 19.5. The zero-order valence-corrected chi connectivity index (χ0v) is 16.4. The van der Waals surface area contributed by atoms with E-state index in [1.807, 2.05) is 37.3 Å². The van der Waals surface area contributed by atoms with Crippen LogP contribution in [0.4, 0.5) is 23.0 Å². The summed E-state index contributed by atoms with van der Waals surface area (Å²) in [5, 5.41) is 3.79. The first-order valence-corrected chi connectivity index (χ1v) is 9.57. The molecule has 1 fully saturated rings. The number of ether oxygens (including phenoxy) is 1. The molecule has 1 aliphatic rings. The normalized spacial score (nSPS) is 14.1. The lowest BCUT2D eigenvalue weighted by atomic mass is 10.1. The molecule has 6 nitrogen and oxygen atoms in total. The third-order valence-corrected chi connectivity index (χ3v) is 5.10. The minimum atomic E-state index is 0.529. The SMILES string of the molecule is Cc1cc(-c2ccnc(Nc3ccc(N4CCOCC4)cc3)n2)cc(Cl)c1N. The van der Waals surface area contributed by atoms with Crippen LogP contribution in [0.5, 0.6) is 0 Å². The molecular formula is C21H22ClN5O. The van der Waals surface area contributed by atoms with Gasteiger partial charge in [0.15, 0.2) is 0 Å². The van der Waals surface area contributed by atoms with Gasteiger partial charge in [-0.1, -0.05) is 11.6 Å². The van der Waals surface area contributed by atoms with E-state index in [0.29, 0.717) is 16.7 Å². The van der Waals surface area contributed by atoms with Crippen LogP contribution in [-0.4, -0.2) is 36.3 Å². The van der Waals surface area contributed by atoms with Crippen molar-refractivity contribution >= 4 is 34.6 Å². The number of hydrogen-bond acceptors (Lipinski definition) is 6. The van der Waals surface area contributed by atoms with Crippen LogP contribution in [0.15, 0.2) is 48.7 Å². The van der Waals surface area contributed by atoms with Crippen LogP contribution in [0.25, 0.3) is 11.3 Å². The van der Waals surface area contributed by atoms with Gasteiger partial charge in [0.2, 0.25) is 5.95 Å². The summed E-state index contributed by atoms with van der Waals surface area (Å²) in [5.41, 5.74) is 11.3. The number of hydrogen-bond donors (Lipinski definition) is 2. The molecule has 3 N–H and O–H groups in total. The molecule has 0 saturated carbocycles. The number of aromatic nitrogens is 2. The fraction of sp³-hybridized carbons (Fsp3) is 0.238. The van der Waals surface area contributed by atoms with Crippen LogP contribution >= 0.6 is 11.6 Å². The number of aryl methyl sites for hydroxylation is 1. The number of nitrogens with zero attached hydrogens (tertiary/aromatic N) is 3. The van der Waals surface area contributed by atoms with Gasteiger partial charge in [-0.2, -0.15) is 0 Å². The highest BCUT2D eigenvalue weighted by atomic mass is 35.5. The van der Waals surface area contributed by atoms with E-state index in [-0.39, 0.29) is 0 Å². The van der Waals surface area contributed by atoms with E-state index in [4.69, 9.17) is 22.1 Å². The molecular weight excluding hydrogens is 374 g/mol. The molecule has 1 aliphatic heterocycles. The summed E-state index contributed by atoms with van der Waals surface area (Å²) >= 11 is 6.22. The Bertz CT molecular complexity index is 948. The van der Waals surface area contributed by atoms with Gasteiger partial charge in [-0.3, -0.25) is 0 Å². The smallest absolute Gasteiger partial charge is 0.227 e. The molecule has 0 bridgehead atoms. The lowest BCUT2D eigenvalue weighted by Crippen LogP contribution is -2.36. The average Bonchev–Trinajstić information content (AvgIpc) is 2.73. The monoisotopic (exact) mass is 395 g/mol. The summed E-state index contributed by atoms with van der Waals surface area (Å²) < 4.78 is 5.41. The fourth-order valence-electron chi connectivity index (χ4n) is 3.19. The van der Waals surface area contributed by atoms with E-state index >= 15 is 0 Å². The minimum Gasteiger partial charge on any atom is -0.397 e. The van der Waals surface area contributed by atoms with Gasteiger partial charge in [-0.05, 0) is 55.0 Å². The van der Waals surface area contributed by atoms with Crippen LogP contribution in [0.1, 0.15) is 5.56 Å². The van der Waals surface area contributed by atoms with E-state index in [1.165, 1.54) is 5.69 Å². The Balaban J connectivity index is 1.52. The second-order valence-corrected chi connectivity index (χ2v) is 7.13. The maximum Gasteiger partial charge on any atom is 0.227 e. The third-order valence-electron chi connectivity index (χ3n) is 4.79. The number of morpholine rings is 1. The second-order valence-electron chi connectivity index (χ2n) is 6.73. The van der Waals surface area contributed by atoms with Crippen molar-refractivity contribution in [3.05, 3.63) is 59.2 Å². The Morgan fingerprint density at radius 1 is 1.11 bits per heavy atom. The summed E-state index contributed by atoms with van der Waals surface area (Å²) in [6.45, 7) is 5.31. The summed E-state index contributed by atoms with van der Waals surface area (Å²) in [6, 6.07) is 13.9. The third kappa shape index (κ3) is 4.03. The molecule has 144 valence electrons. The summed E-state index contributed by atoms with van der Waals surface area (Å²) in [7, 11) is 0. The molecule has 0 spiro atoms. The summed E-state index contributed by atoms with van der Waals surface area (Å²) in [6.07, 6.45) is 1.73. The highest BCUT2D eigenvalue weighted by Crippen LogP contribution is 2.30. The summed E-state index contributed by atoms with van der Waals surface area (Å²) in [4.78, 5) is 11.3.